The Balaban J connectivity index is 1.89. The first-order valence-corrected chi connectivity index (χ1v) is 6.68. The summed E-state index contributed by atoms with van der Waals surface area (Å²) in [6, 6.07) is 8.36. The molecule has 3 N–H and O–H groups in total. The quantitative estimate of drug-likeness (QED) is 0.802. The number of benzene rings is 1. The molecule has 0 atom stereocenters. The molecule has 0 unspecified atom stereocenters. The number of piperazine rings is 1. The maximum absolute atomic E-state index is 11.1. The molecule has 1 heterocycles. The normalized spacial score (nSPS) is 16.4. The molecule has 0 spiro atoms. The predicted octanol–water partition coefficient (Wildman–Crippen LogP) is 0.0133. The van der Waals surface area contributed by atoms with Crippen LogP contribution in [0.2, 0.25) is 0 Å². The highest BCUT2D eigenvalue weighted by atomic mass is 16.1. The van der Waals surface area contributed by atoms with Crippen molar-refractivity contribution in [3.05, 3.63) is 29.8 Å². The number of hydrogen-bond donors (Lipinski definition) is 2. The lowest BCUT2D eigenvalue weighted by Gasteiger charge is -2.34. The average molecular weight is 262 g/mol. The Labute approximate surface area is 114 Å². The van der Waals surface area contributed by atoms with Gasteiger partial charge < -0.3 is 20.9 Å². The molecule has 0 saturated carbocycles. The molecule has 5 nitrogen and oxygen atoms in total. The Morgan fingerprint density at radius 3 is 2.42 bits per heavy atom. The third-order valence-electron chi connectivity index (χ3n) is 3.48. The van der Waals surface area contributed by atoms with E-state index in [1.807, 2.05) is 0 Å². The second-order valence-electron chi connectivity index (χ2n) is 4.94. The van der Waals surface area contributed by atoms with Crippen molar-refractivity contribution in [2.45, 2.75) is 6.54 Å². The Morgan fingerprint density at radius 2 is 1.84 bits per heavy atom. The molecule has 0 aromatic heterocycles. The van der Waals surface area contributed by atoms with Gasteiger partial charge in [0.05, 0.1) is 6.54 Å². The zero-order valence-corrected chi connectivity index (χ0v) is 11.4. The third kappa shape index (κ3) is 3.94. The largest absolute Gasteiger partial charge is 0.369 e. The molecule has 1 aromatic carbocycles. The van der Waals surface area contributed by atoms with Crippen molar-refractivity contribution in [1.29, 1.82) is 0 Å². The highest BCUT2D eigenvalue weighted by Crippen LogP contribution is 2.16. The first-order chi connectivity index (χ1) is 9.19. The van der Waals surface area contributed by atoms with Crippen molar-refractivity contribution >= 4 is 11.6 Å². The number of anilines is 1. The monoisotopic (exact) mass is 262 g/mol. The van der Waals surface area contributed by atoms with Crippen LogP contribution in [0.4, 0.5) is 5.69 Å². The maximum Gasteiger partial charge on any atom is 0.234 e. The number of nitrogens with one attached hydrogen (secondary N) is 1. The highest BCUT2D eigenvalue weighted by Gasteiger charge is 2.13. The molecule has 5 heteroatoms. The molecule has 1 aromatic rings. The van der Waals surface area contributed by atoms with E-state index < -0.39 is 0 Å². The van der Waals surface area contributed by atoms with E-state index in [1.165, 1.54) is 5.69 Å². The van der Waals surface area contributed by atoms with Crippen molar-refractivity contribution < 1.29 is 4.79 Å². The summed E-state index contributed by atoms with van der Waals surface area (Å²) in [5, 5.41) is 2.77. The number of nitrogens with zero attached hydrogens (tertiary/aromatic N) is 2. The highest BCUT2D eigenvalue weighted by molar-refractivity contribution is 5.77. The van der Waals surface area contributed by atoms with Crippen molar-refractivity contribution in [2.75, 3.05) is 44.7 Å². The smallest absolute Gasteiger partial charge is 0.234 e. The Kier molecular flexibility index (Phi) is 4.76. The lowest BCUT2D eigenvalue weighted by Crippen LogP contribution is -2.44. The van der Waals surface area contributed by atoms with Gasteiger partial charge >= 0.3 is 0 Å². The number of amides is 1. The van der Waals surface area contributed by atoms with Crippen LogP contribution in [0.15, 0.2) is 24.3 Å². The first-order valence-electron chi connectivity index (χ1n) is 6.68. The van der Waals surface area contributed by atoms with E-state index in [1.54, 1.807) is 0 Å². The number of carbonyl (C=O) groups excluding carboxylic acids is 1. The van der Waals surface area contributed by atoms with Gasteiger partial charge in [-0.25, -0.2) is 0 Å². The number of hydrogen-bond acceptors (Lipinski definition) is 4. The van der Waals surface area contributed by atoms with Gasteiger partial charge in [-0.3, -0.25) is 4.79 Å². The summed E-state index contributed by atoms with van der Waals surface area (Å²) in [6.07, 6.45) is 0. The summed E-state index contributed by atoms with van der Waals surface area (Å²) >= 11 is 0. The van der Waals surface area contributed by atoms with Gasteiger partial charge in [-0.05, 0) is 24.7 Å². The molecule has 1 amide bonds. The van der Waals surface area contributed by atoms with E-state index in [4.69, 9.17) is 5.73 Å². The van der Waals surface area contributed by atoms with Crippen molar-refractivity contribution in [3.8, 4) is 0 Å². The van der Waals surface area contributed by atoms with E-state index in [2.05, 4.69) is 46.4 Å². The molecular formula is C14H22N4O. The number of likely N-dealkylation sites (N-methyl/N-ethyl adjacent to an activating group) is 1. The lowest BCUT2D eigenvalue weighted by atomic mass is 10.2. The van der Waals surface area contributed by atoms with Crippen molar-refractivity contribution in [2.24, 2.45) is 5.73 Å². The summed E-state index contributed by atoms with van der Waals surface area (Å²) in [5.74, 6) is -0.122. The zero-order valence-electron chi connectivity index (χ0n) is 11.4. The average Bonchev–Trinajstić information content (AvgIpc) is 2.46. The van der Waals surface area contributed by atoms with Crippen LogP contribution in [0.5, 0.6) is 0 Å². The molecular weight excluding hydrogens is 240 g/mol. The van der Waals surface area contributed by atoms with E-state index in [-0.39, 0.29) is 12.5 Å². The number of rotatable bonds is 4. The summed E-state index contributed by atoms with van der Waals surface area (Å²) in [7, 11) is 2.15. The van der Waals surface area contributed by atoms with Crippen LogP contribution in [-0.4, -0.2) is 50.6 Å². The van der Waals surface area contributed by atoms with E-state index in [0.717, 1.165) is 31.7 Å². The minimum Gasteiger partial charge on any atom is -0.369 e. The Bertz CT molecular complexity index is 410. The molecule has 2 rings (SSSR count). The third-order valence-corrected chi connectivity index (χ3v) is 3.48. The number of carbonyl (C=O) groups is 1. The van der Waals surface area contributed by atoms with Gasteiger partial charge in [-0.15, -0.1) is 0 Å². The van der Waals surface area contributed by atoms with Gasteiger partial charge in [-0.1, -0.05) is 12.1 Å². The molecule has 0 bridgehead atoms. The summed E-state index contributed by atoms with van der Waals surface area (Å²) in [5.41, 5.74) is 7.60. The fourth-order valence-electron chi connectivity index (χ4n) is 2.16. The molecule has 1 fully saturated rings. The SMILES string of the molecule is CN1CCN(c2ccc(CNC(=O)CN)cc2)CC1. The predicted molar refractivity (Wildman–Crippen MR) is 77.1 cm³/mol. The van der Waals surface area contributed by atoms with Crippen molar-refractivity contribution in [1.82, 2.24) is 10.2 Å². The van der Waals surface area contributed by atoms with Crippen LogP contribution in [0, 0.1) is 0 Å². The minimum absolute atomic E-state index is 0.0411. The molecule has 1 aliphatic heterocycles. The Hall–Kier alpha value is -1.59. The summed E-state index contributed by atoms with van der Waals surface area (Å²) in [6.45, 7) is 4.93. The standard InChI is InChI=1S/C14H22N4O/c1-17-6-8-18(9-7-17)13-4-2-12(3-5-13)11-16-14(19)10-15/h2-5H,6-11,15H2,1H3,(H,16,19). The fraction of sp³-hybridized carbons (Fsp3) is 0.500. The molecule has 19 heavy (non-hydrogen) atoms. The topological polar surface area (TPSA) is 61.6 Å². The van der Waals surface area contributed by atoms with E-state index in [0.29, 0.717) is 6.54 Å². The van der Waals surface area contributed by atoms with E-state index in [9.17, 15) is 4.79 Å². The molecule has 1 aliphatic rings. The Morgan fingerprint density at radius 1 is 1.21 bits per heavy atom. The summed E-state index contributed by atoms with van der Waals surface area (Å²) < 4.78 is 0. The molecule has 104 valence electrons. The van der Waals surface area contributed by atoms with Crippen LogP contribution in [0.1, 0.15) is 5.56 Å². The fourth-order valence-corrected chi connectivity index (χ4v) is 2.16. The van der Waals surface area contributed by atoms with Gasteiger partial charge in [0.25, 0.3) is 0 Å². The zero-order chi connectivity index (χ0) is 13.7. The minimum atomic E-state index is -0.122. The first kappa shape index (κ1) is 13.8. The second kappa shape index (κ2) is 6.54. The van der Waals surface area contributed by atoms with Gasteiger partial charge in [0, 0.05) is 38.4 Å². The summed E-state index contributed by atoms with van der Waals surface area (Å²) in [4.78, 5) is 15.8. The second-order valence-corrected chi connectivity index (χ2v) is 4.94. The van der Waals surface area contributed by atoms with Crippen LogP contribution >= 0.6 is 0 Å². The van der Waals surface area contributed by atoms with Crippen molar-refractivity contribution in [3.63, 3.8) is 0 Å². The van der Waals surface area contributed by atoms with Crippen LogP contribution < -0.4 is 16.0 Å². The van der Waals surface area contributed by atoms with Crippen LogP contribution in [0.25, 0.3) is 0 Å². The van der Waals surface area contributed by atoms with Gasteiger partial charge in [-0.2, -0.15) is 0 Å². The van der Waals surface area contributed by atoms with Crippen LogP contribution in [-0.2, 0) is 11.3 Å². The molecule has 1 saturated heterocycles. The molecule has 0 aliphatic carbocycles. The number of nitrogens with two attached hydrogens (primary N) is 1. The lowest BCUT2D eigenvalue weighted by molar-refractivity contribution is -0.119. The van der Waals surface area contributed by atoms with Crippen LogP contribution in [0.3, 0.4) is 0 Å². The molecule has 0 radical (unpaired) electrons. The van der Waals surface area contributed by atoms with E-state index >= 15 is 0 Å². The van der Waals surface area contributed by atoms with Gasteiger partial charge in [0.1, 0.15) is 0 Å². The van der Waals surface area contributed by atoms with Gasteiger partial charge in [0.15, 0.2) is 0 Å². The maximum atomic E-state index is 11.1. The van der Waals surface area contributed by atoms with Gasteiger partial charge in [0.2, 0.25) is 5.91 Å².